The summed E-state index contributed by atoms with van der Waals surface area (Å²) in [5, 5.41) is 6.82. The Bertz CT molecular complexity index is 972. The van der Waals surface area contributed by atoms with Crippen LogP contribution in [0.5, 0.6) is 11.5 Å². The molecule has 0 saturated heterocycles. The lowest BCUT2D eigenvalue weighted by Gasteiger charge is -2.11. The Morgan fingerprint density at radius 1 is 1.13 bits per heavy atom. The molecule has 0 radical (unpaired) electrons. The zero-order valence-corrected chi connectivity index (χ0v) is 18.5. The molecule has 0 amide bonds. The molecule has 0 aliphatic carbocycles. The second-order valence-electron chi connectivity index (χ2n) is 6.20. The number of thiophene rings is 1. The lowest BCUT2D eigenvalue weighted by atomic mass is 10.1. The van der Waals surface area contributed by atoms with Crippen LogP contribution in [0.2, 0.25) is 0 Å². The number of hydrogen-bond acceptors (Lipinski definition) is 8. The van der Waals surface area contributed by atoms with Gasteiger partial charge in [0.2, 0.25) is 6.79 Å². The van der Waals surface area contributed by atoms with E-state index in [1.807, 2.05) is 18.2 Å². The van der Waals surface area contributed by atoms with E-state index in [4.69, 9.17) is 31.2 Å². The van der Waals surface area contributed by atoms with E-state index in [-0.39, 0.29) is 25.6 Å². The van der Waals surface area contributed by atoms with Gasteiger partial charge in [-0.2, -0.15) is 0 Å². The molecule has 2 N–H and O–H groups in total. The van der Waals surface area contributed by atoms with Crippen LogP contribution in [0.1, 0.15) is 45.0 Å². The molecule has 1 aromatic carbocycles. The summed E-state index contributed by atoms with van der Waals surface area (Å²) in [6.45, 7) is 6.23. The molecule has 0 spiro atoms. The highest BCUT2D eigenvalue weighted by atomic mass is 32.1. The third kappa shape index (κ3) is 4.82. The Labute approximate surface area is 183 Å². The van der Waals surface area contributed by atoms with Gasteiger partial charge in [-0.3, -0.25) is 0 Å². The molecular formula is C20H22N2O6S2. The first kappa shape index (κ1) is 21.8. The number of nitrogens with one attached hydrogen (secondary N) is 2. The van der Waals surface area contributed by atoms with Crippen LogP contribution in [-0.2, 0) is 16.0 Å². The van der Waals surface area contributed by atoms with Crippen LogP contribution in [0, 0.1) is 6.92 Å². The minimum atomic E-state index is -0.525. The maximum Gasteiger partial charge on any atom is 0.348 e. The van der Waals surface area contributed by atoms with E-state index in [0.717, 1.165) is 16.9 Å². The molecule has 2 heterocycles. The van der Waals surface area contributed by atoms with E-state index in [0.29, 0.717) is 38.6 Å². The average Bonchev–Trinajstić information content (AvgIpc) is 3.30. The van der Waals surface area contributed by atoms with Crippen LogP contribution in [0.15, 0.2) is 18.2 Å². The molecule has 3 rings (SSSR count). The predicted molar refractivity (Wildman–Crippen MR) is 117 cm³/mol. The van der Waals surface area contributed by atoms with Crippen molar-refractivity contribution in [3.63, 3.8) is 0 Å². The summed E-state index contributed by atoms with van der Waals surface area (Å²) < 4.78 is 20.9. The SMILES string of the molecule is CCOC(=O)c1sc(NC(=S)NCc2ccc3c(c2)OCO3)c(C(=O)OCC)c1C. The van der Waals surface area contributed by atoms with Gasteiger partial charge in [0.05, 0.1) is 18.8 Å². The summed E-state index contributed by atoms with van der Waals surface area (Å²) in [7, 11) is 0. The fraction of sp³-hybridized carbons (Fsp3) is 0.350. The maximum absolute atomic E-state index is 12.5. The minimum Gasteiger partial charge on any atom is -0.462 e. The van der Waals surface area contributed by atoms with Crippen molar-refractivity contribution in [1.29, 1.82) is 0 Å². The van der Waals surface area contributed by atoms with Crippen LogP contribution in [0.4, 0.5) is 5.00 Å². The first-order chi connectivity index (χ1) is 14.4. The van der Waals surface area contributed by atoms with Gasteiger partial charge in [0, 0.05) is 6.54 Å². The Morgan fingerprint density at radius 2 is 1.83 bits per heavy atom. The summed E-state index contributed by atoms with van der Waals surface area (Å²) in [5.74, 6) is 0.380. The number of ether oxygens (including phenoxy) is 4. The zero-order chi connectivity index (χ0) is 21.7. The van der Waals surface area contributed by atoms with Gasteiger partial charge in [0.15, 0.2) is 16.6 Å². The number of benzene rings is 1. The second kappa shape index (κ2) is 9.77. The molecule has 0 atom stereocenters. The Morgan fingerprint density at radius 3 is 2.57 bits per heavy atom. The first-order valence-electron chi connectivity index (χ1n) is 9.35. The average molecular weight is 451 g/mol. The Balaban J connectivity index is 1.73. The Hall–Kier alpha value is -2.85. The molecule has 160 valence electrons. The second-order valence-corrected chi connectivity index (χ2v) is 7.63. The first-order valence-corrected chi connectivity index (χ1v) is 10.6. The summed E-state index contributed by atoms with van der Waals surface area (Å²) in [4.78, 5) is 25.0. The van der Waals surface area contributed by atoms with Crippen molar-refractivity contribution in [3.8, 4) is 11.5 Å². The van der Waals surface area contributed by atoms with Gasteiger partial charge in [-0.1, -0.05) is 6.07 Å². The van der Waals surface area contributed by atoms with E-state index in [2.05, 4.69) is 10.6 Å². The minimum absolute atomic E-state index is 0.212. The lowest BCUT2D eigenvalue weighted by molar-refractivity contribution is 0.0527. The number of fused-ring (bicyclic) bond motifs is 1. The summed E-state index contributed by atoms with van der Waals surface area (Å²) >= 11 is 6.48. The van der Waals surface area contributed by atoms with Gasteiger partial charge < -0.3 is 29.6 Å². The maximum atomic E-state index is 12.5. The molecule has 2 aromatic rings. The van der Waals surface area contributed by atoms with E-state index >= 15 is 0 Å². The molecular weight excluding hydrogens is 428 g/mol. The molecule has 1 aliphatic heterocycles. The molecule has 0 bridgehead atoms. The highest BCUT2D eigenvalue weighted by Gasteiger charge is 2.26. The van der Waals surface area contributed by atoms with E-state index in [9.17, 15) is 9.59 Å². The normalized spacial score (nSPS) is 11.7. The van der Waals surface area contributed by atoms with Crippen molar-refractivity contribution in [2.45, 2.75) is 27.3 Å². The number of carbonyl (C=O) groups excluding carboxylic acids is 2. The van der Waals surface area contributed by atoms with Gasteiger partial charge in [0.1, 0.15) is 9.88 Å². The molecule has 10 heteroatoms. The predicted octanol–water partition coefficient (Wildman–Crippen LogP) is 3.63. The van der Waals surface area contributed by atoms with Crippen molar-refractivity contribution >= 4 is 45.6 Å². The smallest absolute Gasteiger partial charge is 0.348 e. The standard InChI is InChI=1S/C20H22N2O6S2/c1-4-25-18(23)15-11(3)16(19(24)26-5-2)30-17(15)22-20(29)21-9-12-6-7-13-14(8-12)28-10-27-13/h6-8H,4-5,9-10H2,1-3H3,(H2,21,22,29). The van der Waals surface area contributed by atoms with Gasteiger partial charge >= 0.3 is 11.9 Å². The van der Waals surface area contributed by atoms with Gasteiger partial charge in [-0.05, 0) is 56.2 Å². The van der Waals surface area contributed by atoms with Crippen molar-refractivity contribution in [3.05, 3.63) is 39.8 Å². The van der Waals surface area contributed by atoms with Gasteiger partial charge in [0.25, 0.3) is 0 Å². The van der Waals surface area contributed by atoms with E-state index in [1.165, 1.54) is 0 Å². The highest BCUT2D eigenvalue weighted by molar-refractivity contribution is 7.80. The van der Waals surface area contributed by atoms with Crippen molar-refractivity contribution in [1.82, 2.24) is 5.32 Å². The molecule has 0 unspecified atom stereocenters. The number of rotatable bonds is 7. The van der Waals surface area contributed by atoms with Crippen molar-refractivity contribution in [2.75, 3.05) is 25.3 Å². The fourth-order valence-electron chi connectivity index (χ4n) is 2.82. The topological polar surface area (TPSA) is 95.1 Å². The van der Waals surface area contributed by atoms with Gasteiger partial charge in [-0.25, -0.2) is 9.59 Å². The molecule has 1 aliphatic rings. The monoisotopic (exact) mass is 450 g/mol. The fourth-order valence-corrected chi connectivity index (χ4v) is 4.15. The largest absolute Gasteiger partial charge is 0.462 e. The van der Waals surface area contributed by atoms with Gasteiger partial charge in [-0.15, -0.1) is 11.3 Å². The molecule has 30 heavy (non-hydrogen) atoms. The van der Waals surface area contributed by atoms with Crippen LogP contribution >= 0.6 is 23.6 Å². The lowest BCUT2D eigenvalue weighted by Crippen LogP contribution is -2.28. The Kier molecular flexibility index (Phi) is 7.11. The number of carbonyl (C=O) groups is 2. The number of esters is 2. The third-order valence-electron chi connectivity index (χ3n) is 4.20. The molecule has 0 saturated carbocycles. The summed E-state index contributed by atoms with van der Waals surface area (Å²) in [6, 6.07) is 5.61. The van der Waals surface area contributed by atoms with Crippen molar-refractivity contribution in [2.24, 2.45) is 0 Å². The van der Waals surface area contributed by atoms with E-state index in [1.54, 1.807) is 20.8 Å². The molecule has 1 aromatic heterocycles. The van der Waals surface area contributed by atoms with Crippen molar-refractivity contribution < 1.29 is 28.5 Å². The number of thiocarbonyl (C=S) groups is 1. The van der Waals surface area contributed by atoms with Crippen LogP contribution in [-0.4, -0.2) is 37.1 Å². The number of anilines is 1. The number of hydrogen-bond donors (Lipinski definition) is 2. The molecule has 8 nitrogen and oxygen atoms in total. The summed E-state index contributed by atoms with van der Waals surface area (Å²) in [6.07, 6.45) is 0. The van der Waals surface area contributed by atoms with Crippen LogP contribution < -0.4 is 20.1 Å². The summed E-state index contributed by atoms with van der Waals surface area (Å²) in [5.41, 5.74) is 1.72. The van der Waals surface area contributed by atoms with Crippen LogP contribution in [0.25, 0.3) is 0 Å². The van der Waals surface area contributed by atoms with Crippen LogP contribution in [0.3, 0.4) is 0 Å². The zero-order valence-electron chi connectivity index (χ0n) is 16.8. The molecule has 0 fully saturated rings. The van der Waals surface area contributed by atoms with E-state index < -0.39 is 11.9 Å². The quantitative estimate of drug-likeness (QED) is 0.484. The third-order valence-corrected chi connectivity index (χ3v) is 5.64. The highest BCUT2D eigenvalue weighted by Crippen LogP contribution is 2.35.